The molecular weight excluding hydrogens is 368 g/mol. The van der Waals surface area contributed by atoms with Gasteiger partial charge in [0.1, 0.15) is 0 Å². The van der Waals surface area contributed by atoms with Gasteiger partial charge >= 0.3 is 0 Å². The van der Waals surface area contributed by atoms with Gasteiger partial charge in [-0.2, -0.15) is 0 Å². The third-order valence-corrected chi connectivity index (χ3v) is 5.05. The van der Waals surface area contributed by atoms with E-state index in [1.165, 1.54) is 6.92 Å². The average Bonchev–Trinajstić information content (AvgIpc) is 3.03. The summed E-state index contributed by atoms with van der Waals surface area (Å²) in [6.45, 7) is 4.06. The van der Waals surface area contributed by atoms with Crippen LogP contribution in [0.4, 0.5) is 0 Å². The van der Waals surface area contributed by atoms with Crippen molar-refractivity contribution in [2.75, 3.05) is 32.7 Å². The molecule has 0 saturated carbocycles. The highest BCUT2D eigenvalue weighted by Gasteiger charge is 2.22. The molecule has 0 bridgehead atoms. The highest BCUT2D eigenvalue weighted by Crippen LogP contribution is 2.22. The summed E-state index contributed by atoms with van der Waals surface area (Å²) in [5.41, 5.74) is 1.80. The minimum Gasteiger partial charge on any atom is -0.361 e. The fourth-order valence-electron chi connectivity index (χ4n) is 3.27. The number of amides is 3. The van der Waals surface area contributed by atoms with Crippen LogP contribution in [0.1, 0.15) is 18.9 Å². The maximum Gasteiger partial charge on any atom is 0.224 e. The lowest BCUT2D eigenvalue weighted by Gasteiger charge is -2.34. The summed E-state index contributed by atoms with van der Waals surface area (Å²) in [4.78, 5) is 42.3. The molecule has 1 fully saturated rings. The number of rotatable bonds is 5. The van der Waals surface area contributed by atoms with Gasteiger partial charge in [-0.05, 0) is 23.8 Å². The molecule has 3 rings (SSSR count). The second-order valence-corrected chi connectivity index (χ2v) is 7.10. The Hall–Kier alpha value is -2.54. The van der Waals surface area contributed by atoms with E-state index in [-0.39, 0.29) is 30.6 Å². The maximum atomic E-state index is 12.2. The predicted octanol–water partition coefficient (Wildman–Crippen LogP) is 1.56. The fourth-order valence-corrected chi connectivity index (χ4v) is 3.44. The Morgan fingerprint density at radius 3 is 2.56 bits per heavy atom. The van der Waals surface area contributed by atoms with Gasteiger partial charge in [0.2, 0.25) is 17.7 Å². The predicted molar refractivity (Wildman–Crippen MR) is 103 cm³/mol. The number of nitrogens with one attached hydrogen (secondary N) is 2. The molecule has 0 unspecified atom stereocenters. The Morgan fingerprint density at radius 2 is 1.85 bits per heavy atom. The number of nitrogens with zero attached hydrogens (tertiary/aromatic N) is 2. The van der Waals surface area contributed by atoms with Crippen LogP contribution in [-0.2, 0) is 20.8 Å². The van der Waals surface area contributed by atoms with E-state index in [0.717, 1.165) is 16.5 Å². The summed E-state index contributed by atoms with van der Waals surface area (Å²) in [6, 6.07) is 5.51. The summed E-state index contributed by atoms with van der Waals surface area (Å²) in [6.07, 6.45) is 2.29. The highest BCUT2D eigenvalue weighted by atomic mass is 35.5. The van der Waals surface area contributed by atoms with Crippen LogP contribution in [-0.4, -0.2) is 65.2 Å². The van der Waals surface area contributed by atoms with Crippen molar-refractivity contribution >= 4 is 40.2 Å². The summed E-state index contributed by atoms with van der Waals surface area (Å²) in [7, 11) is 0. The van der Waals surface area contributed by atoms with Gasteiger partial charge in [0, 0.05) is 68.2 Å². The van der Waals surface area contributed by atoms with E-state index in [9.17, 15) is 14.4 Å². The Balaban J connectivity index is 1.43. The number of fused-ring (bicyclic) bond motifs is 1. The van der Waals surface area contributed by atoms with E-state index < -0.39 is 0 Å². The molecule has 0 atom stereocenters. The van der Waals surface area contributed by atoms with Gasteiger partial charge in [0.25, 0.3) is 0 Å². The third kappa shape index (κ3) is 4.80. The van der Waals surface area contributed by atoms with Crippen molar-refractivity contribution in [1.82, 2.24) is 20.1 Å². The van der Waals surface area contributed by atoms with E-state index in [4.69, 9.17) is 11.6 Å². The molecular formula is C19H23ClN4O3. The number of hydrogen-bond acceptors (Lipinski definition) is 3. The molecule has 2 heterocycles. The fraction of sp³-hybridized carbons (Fsp3) is 0.421. The van der Waals surface area contributed by atoms with Crippen LogP contribution in [0, 0.1) is 0 Å². The molecule has 1 aliphatic rings. The zero-order valence-corrected chi connectivity index (χ0v) is 16.0. The number of carbonyl (C=O) groups is 3. The van der Waals surface area contributed by atoms with Gasteiger partial charge in [-0.15, -0.1) is 0 Å². The quantitative estimate of drug-likeness (QED) is 0.812. The van der Waals surface area contributed by atoms with Crippen LogP contribution in [0.2, 0.25) is 5.02 Å². The number of piperazine rings is 1. The number of benzene rings is 1. The number of aromatic amines is 1. The van der Waals surface area contributed by atoms with Gasteiger partial charge in [-0.3, -0.25) is 14.4 Å². The first-order valence-electron chi connectivity index (χ1n) is 8.99. The SMILES string of the molecule is CC(=O)N1CCN(C(=O)CCNC(=O)Cc2c[nH]c3ccc(Cl)cc23)CC1. The Morgan fingerprint density at radius 1 is 1.15 bits per heavy atom. The zero-order chi connectivity index (χ0) is 19.4. The molecule has 0 aliphatic carbocycles. The number of carbonyl (C=O) groups excluding carboxylic acids is 3. The second-order valence-electron chi connectivity index (χ2n) is 6.67. The van der Waals surface area contributed by atoms with Gasteiger partial charge in [0.05, 0.1) is 6.42 Å². The van der Waals surface area contributed by atoms with Crippen LogP contribution in [0.25, 0.3) is 10.9 Å². The molecule has 3 amide bonds. The minimum absolute atomic E-state index is 0.00243. The lowest BCUT2D eigenvalue weighted by atomic mass is 10.1. The van der Waals surface area contributed by atoms with Crippen molar-refractivity contribution in [2.45, 2.75) is 19.8 Å². The van der Waals surface area contributed by atoms with Crippen molar-refractivity contribution in [3.8, 4) is 0 Å². The molecule has 1 aromatic heterocycles. The Labute approximate surface area is 162 Å². The maximum absolute atomic E-state index is 12.2. The molecule has 27 heavy (non-hydrogen) atoms. The largest absolute Gasteiger partial charge is 0.361 e. The van der Waals surface area contributed by atoms with Gasteiger partial charge in [-0.1, -0.05) is 11.6 Å². The second kappa shape index (κ2) is 8.43. The molecule has 7 nitrogen and oxygen atoms in total. The summed E-state index contributed by atoms with van der Waals surface area (Å²) >= 11 is 6.02. The minimum atomic E-state index is -0.134. The number of halogens is 1. The van der Waals surface area contributed by atoms with E-state index in [1.807, 2.05) is 12.1 Å². The average molecular weight is 391 g/mol. The van der Waals surface area contributed by atoms with Crippen molar-refractivity contribution in [3.05, 3.63) is 35.0 Å². The molecule has 144 valence electrons. The van der Waals surface area contributed by atoms with E-state index in [1.54, 1.807) is 22.1 Å². The molecule has 0 spiro atoms. The summed E-state index contributed by atoms with van der Waals surface area (Å²) in [5, 5.41) is 4.35. The van der Waals surface area contributed by atoms with Crippen molar-refractivity contribution in [1.29, 1.82) is 0 Å². The topological polar surface area (TPSA) is 85.5 Å². The first-order chi connectivity index (χ1) is 12.9. The summed E-state index contributed by atoms with van der Waals surface area (Å²) < 4.78 is 0. The Bertz CT molecular complexity index is 856. The van der Waals surface area contributed by atoms with E-state index in [2.05, 4.69) is 10.3 Å². The first kappa shape index (κ1) is 19.2. The zero-order valence-electron chi connectivity index (χ0n) is 15.3. The number of hydrogen-bond donors (Lipinski definition) is 2. The van der Waals surface area contributed by atoms with Crippen molar-refractivity contribution < 1.29 is 14.4 Å². The number of aromatic nitrogens is 1. The van der Waals surface area contributed by atoms with Gasteiger partial charge in [-0.25, -0.2) is 0 Å². The van der Waals surface area contributed by atoms with Crippen molar-refractivity contribution in [3.63, 3.8) is 0 Å². The molecule has 0 radical (unpaired) electrons. The molecule has 1 aliphatic heterocycles. The van der Waals surface area contributed by atoms with Gasteiger partial charge in [0.15, 0.2) is 0 Å². The molecule has 2 aromatic rings. The van der Waals surface area contributed by atoms with Crippen LogP contribution >= 0.6 is 11.6 Å². The summed E-state index contributed by atoms with van der Waals surface area (Å²) in [5.74, 6) is -0.101. The lowest BCUT2D eigenvalue weighted by molar-refractivity contribution is -0.138. The smallest absolute Gasteiger partial charge is 0.224 e. The first-order valence-corrected chi connectivity index (χ1v) is 9.37. The highest BCUT2D eigenvalue weighted by molar-refractivity contribution is 6.31. The van der Waals surface area contributed by atoms with Crippen LogP contribution in [0.5, 0.6) is 0 Å². The lowest BCUT2D eigenvalue weighted by Crippen LogP contribution is -2.50. The standard InChI is InChI=1S/C19H23ClN4O3/c1-13(25)23-6-8-24(9-7-23)19(27)4-5-21-18(26)10-14-12-22-17-3-2-15(20)11-16(14)17/h2-3,11-12,22H,4-10H2,1H3,(H,21,26). The van der Waals surface area contributed by atoms with E-state index in [0.29, 0.717) is 37.7 Å². The normalized spacial score (nSPS) is 14.4. The van der Waals surface area contributed by atoms with Crippen molar-refractivity contribution in [2.24, 2.45) is 0 Å². The molecule has 2 N–H and O–H groups in total. The molecule has 1 aromatic carbocycles. The molecule has 8 heteroatoms. The van der Waals surface area contributed by atoms with Crippen LogP contribution in [0.15, 0.2) is 24.4 Å². The molecule has 1 saturated heterocycles. The van der Waals surface area contributed by atoms with Crippen LogP contribution < -0.4 is 5.32 Å². The van der Waals surface area contributed by atoms with Crippen LogP contribution in [0.3, 0.4) is 0 Å². The van der Waals surface area contributed by atoms with E-state index >= 15 is 0 Å². The number of H-pyrrole nitrogens is 1. The Kier molecular flexibility index (Phi) is 6.01. The monoisotopic (exact) mass is 390 g/mol. The van der Waals surface area contributed by atoms with Gasteiger partial charge < -0.3 is 20.1 Å². The third-order valence-electron chi connectivity index (χ3n) is 4.82.